The Morgan fingerprint density at radius 2 is 1.88 bits per heavy atom. The first-order valence-corrected chi connectivity index (χ1v) is 9.04. The van der Waals surface area contributed by atoms with Crippen molar-refractivity contribution in [3.05, 3.63) is 80.6 Å². The summed E-state index contributed by atoms with van der Waals surface area (Å²) in [6.07, 6.45) is 2.59. The van der Waals surface area contributed by atoms with Crippen LogP contribution in [-0.2, 0) is 24.3 Å². The van der Waals surface area contributed by atoms with E-state index in [1.807, 2.05) is 33.7 Å². The summed E-state index contributed by atoms with van der Waals surface area (Å²) in [5.74, 6) is 0.0689. The number of amides is 1. The van der Waals surface area contributed by atoms with Crippen molar-refractivity contribution >= 4 is 32.7 Å². The number of carbonyl (C=O) groups excluding carboxylic acids is 1. The minimum Gasteiger partial charge on any atom is -0.338 e. The molecule has 0 bridgehead atoms. The molecule has 1 aliphatic rings. The Labute approximate surface area is 153 Å². The third kappa shape index (κ3) is 3.12. The maximum absolute atomic E-state index is 12.8. The summed E-state index contributed by atoms with van der Waals surface area (Å²) in [7, 11) is 0. The van der Waals surface area contributed by atoms with Gasteiger partial charge in [-0.3, -0.25) is 9.59 Å². The standard InChI is InChI=1S/C20H17BrN2O2/c21-16-5-6-17-18(11-16)22(10-8-19(17)24)13-20(25)23-9-7-14-3-1-2-4-15(14)12-23/h1-6,8,10-11H,7,9,12-13H2. The van der Waals surface area contributed by atoms with Gasteiger partial charge in [0.2, 0.25) is 5.91 Å². The second kappa shape index (κ2) is 6.48. The molecule has 5 heteroatoms. The smallest absolute Gasteiger partial charge is 0.242 e. The summed E-state index contributed by atoms with van der Waals surface area (Å²) in [4.78, 5) is 26.7. The van der Waals surface area contributed by atoms with Crippen LogP contribution in [0.4, 0.5) is 0 Å². The SMILES string of the molecule is O=C(Cn1ccc(=O)c2ccc(Br)cc21)N1CCc2ccccc2C1. The molecule has 4 rings (SSSR count). The molecule has 0 saturated heterocycles. The zero-order valence-corrected chi connectivity index (χ0v) is 15.2. The van der Waals surface area contributed by atoms with Crippen molar-refractivity contribution < 1.29 is 4.79 Å². The molecule has 0 N–H and O–H groups in total. The molecule has 0 saturated carbocycles. The van der Waals surface area contributed by atoms with E-state index in [1.165, 1.54) is 17.2 Å². The zero-order valence-electron chi connectivity index (χ0n) is 13.6. The van der Waals surface area contributed by atoms with Crippen molar-refractivity contribution in [2.24, 2.45) is 0 Å². The predicted molar refractivity (Wildman–Crippen MR) is 101 cm³/mol. The van der Waals surface area contributed by atoms with Crippen LogP contribution in [0.1, 0.15) is 11.1 Å². The van der Waals surface area contributed by atoms with Crippen LogP contribution < -0.4 is 5.43 Å². The maximum Gasteiger partial charge on any atom is 0.242 e. The van der Waals surface area contributed by atoms with E-state index >= 15 is 0 Å². The van der Waals surface area contributed by atoms with Crippen LogP contribution in [-0.4, -0.2) is 21.9 Å². The monoisotopic (exact) mass is 396 g/mol. The van der Waals surface area contributed by atoms with Gasteiger partial charge in [0.25, 0.3) is 0 Å². The summed E-state index contributed by atoms with van der Waals surface area (Å²) in [5, 5.41) is 0.627. The number of carbonyl (C=O) groups is 1. The number of aromatic nitrogens is 1. The largest absolute Gasteiger partial charge is 0.338 e. The van der Waals surface area contributed by atoms with Gasteiger partial charge in [-0.15, -0.1) is 0 Å². The zero-order chi connectivity index (χ0) is 17.4. The van der Waals surface area contributed by atoms with Crippen molar-refractivity contribution in [3.63, 3.8) is 0 Å². The molecule has 0 aliphatic carbocycles. The predicted octanol–water partition coefficient (Wildman–Crippen LogP) is 3.35. The van der Waals surface area contributed by atoms with Gasteiger partial charge in [-0.1, -0.05) is 40.2 Å². The number of hydrogen-bond acceptors (Lipinski definition) is 2. The molecule has 25 heavy (non-hydrogen) atoms. The fraction of sp³-hybridized carbons (Fsp3) is 0.200. The van der Waals surface area contributed by atoms with E-state index in [-0.39, 0.29) is 17.9 Å². The topological polar surface area (TPSA) is 42.3 Å². The van der Waals surface area contributed by atoms with Gasteiger partial charge >= 0.3 is 0 Å². The van der Waals surface area contributed by atoms with Crippen LogP contribution in [0.3, 0.4) is 0 Å². The Morgan fingerprint density at radius 3 is 2.72 bits per heavy atom. The van der Waals surface area contributed by atoms with Crippen LogP contribution in [0.5, 0.6) is 0 Å². The lowest BCUT2D eigenvalue weighted by Gasteiger charge is -2.29. The quantitative estimate of drug-likeness (QED) is 0.666. The first-order chi connectivity index (χ1) is 12.1. The average Bonchev–Trinajstić information content (AvgIpc) is 2.63. The van der Waals surface area contributed by atoms with Crippen LogP contribution in [0.25, 0.3) is 10.9 Å². The number of nitrogens with zero attached hydrogens (tertiary/aromatic N) is 2. The molecule has 4 nitrogen and oxygen atoms in total. The molecule has 1 amide bonds. The molecule has 2 aromatic carbocycles. The lowest BCUT2D eigenvalue weighted by atomic mass is 10.00. The lowest BCUT2D eigenvalue weighted by molar-refractivity contribution is -0.132. The normalized spacial score (nSPS) is 13.7. The minimum absolute atomic E-state index is 0.0295. The van der Waals surface area contributed by atoms with E-state index in [4.69, 9.17) is 0 Å². The van der Waals surface area contributed by atoms with Crippen molar-refractivity contribution in [2.75, 3.05) is 6.54 Å². The highest BCUT2D eigenvalue weighted by Gasteiger charge is 2.20. The van der Waals surface area contributed by atoms with Gasteiger partial charge in [0.1, 0.15) is 6.54 Å². The van der Waals surface area contributed by atoms with Crippen molar-refractivity contribution in [1.82, 2.24) is 9.47 Å². The summed E-state index contributed by atoms with van der Waals surface area (Å²) < 4.78 is 2.74. The Balaban J connectivity index is 1.62. The molecule has 0 spiro atoms. The van der Waals surface area contributed by atoms with Crippen molar-refractivity contribution in [2.45, 2.75) is 19.5 Å². The van der Waals surface area contributed by atoms with Gasteiger partial charge < -0.3 is 9.47 Å². The Hall–Kier alpha value is -2.40. The number of fused-ring (bicyclic) bond motifs is 2. The molecule has 0 fully saturated rings. The van der Waals surface area contributed by atoms with Crippen molar-refractivity contribution in [1.29, 1.82) is 0 Å². The van der Waals surface area contributed by atoms with E-state index in [2.05, 4.69) is 28.1 Å². The molecule has 126 valence electrons. The fourth-order valence-corrected chi connectivity index (χ4v) is 3.72. The molecule has 3 aromatic rings. The van der Waals surface area contributed by atoms with Gasteiger partial charge in [0.05, 0.1) is 5.52 Å². The van der Waals surface area contributed by atoms with Gasteiger partial charge in [0, 0.05) is 35.2 Å². The number of rotatable bonds is 2. The molecule has 0 atom stereocenters. The molecule has 0 radical (unpaired) electrons. The van der Waals surface area contributed by atoms with Crippen LogP contribution in [0.15, 0.2) is 64.0 Å². The Kier molecular flexibility index (Phi) is 4.17. The average molecular weight is 397 g/mol. The summed E-state index contributed by atoms with van der Waals surface area (Å²) in [5.41, 5.74) is 3.28. The Bertz CT molecular complexity index is 1030. The van der Waals surface area contributed by atoms with Crippen molar-refractivity contribution in [3.8, 4) is 0 Å². The van der Waals surface area contributed by atoms with E-state index in [1.54, 1.807) is 12.3 Å². The second-order valence-electron chi connectivity index (χ2n) is 6.30. The van der Waals surface area contributed by atoms with Gasteiger partial charge in [0.15, 0.2) is 5.43 Å². The highest BCUT2D eigenvalue weighted by Crippen LogP contribution is 2.20. The number of halogens is 1. The summed E-state index contributed by atoms with van der Waals surface area (Å²) >= 11 is 3.44. The van der Waals surface area contributed by atoms with Crippen LogP contribution in [0.2, 0.25) is 0 Å². The lowest BCUT2D eigenvalue weighted by Crippen LogP contribution is -2.38. The number of hydrogen-bond donors (Lipinski definition) is 0. The molecular formula is C20H17BrN2O2. The second-order valence-corrected chi connectivity index (χ2v) is 7.22. The highest BCUT2D eigenvalue weighted by atomic mass is 79.9. The summed E-state index contributed by atoms with van der Waals surface area (Å²) in [6, 6.07) is 15.3. The summed E-state index contributed by atoms with van der Waals surface area (Å²) in [6.45, 7) is 1.61. The minimum atomic E-state index is -0.0295. The Morgan fingerprint density at radius 1 is 1.08 bits per heavy atom. The highest BCUT2D eigenvalue weighted by molar-refractivity contribution is 9.10. The van der Waals surface area contributed by atoms with Gasteiger partial charge in [-0.2, -0.15) is 0 Å². The van der Waals surface area contributed by atoms with E-state index in [0.717, 1.165) is 23.0 Å². The fourth-order valence-electron chi connectivity index (χ4n) is 3.37. The molecule has 0 unspecified atom stereocenters. The number of benzene rings is 2. The molecule has 1 aliphatic heterocycles. The van der Waals surface area contributed by atoms with E-state index in [0.29, 0.717) is 11.9 Å². The van der Waals surface area contributed by atoms with E-state index in [9.17, 15) is 9.59 Å². The third-order valence-corrected chi connectivity index (χ3v) is 5.22. The number of pyridine rings is 1. The van der Waals surface area contributed by atoms with Crippen LogP contribution >= 0.6 is 15.9 Å². The van der Waals surface area contributed by atoms with Gasteiger partial charge in [-0.25, -0.2) is 0 Å². The first-order valence-electron chi connectivity index (χ1n) is 8.25. The first kappa shape index (κ1) is 16.1. The maximum atomic E-state index is 12.8. The molecule has 1 aromatic heterocycles. The van der Waals surface area contributed by atoms with Gasteiger partial charge in [-0.05, 0) is 35.7 Å². The molecule has 2 heterocycles. The van der Waals surface area contributed by atoms with Crippen LogP contribution in [0, 0.1) is 0 Å². The van der Waals surface area contributed by atoms with E-state index < -0.39 is 0 Å². The molecular weight excluding hydrogens is 380 g/mol. The third-order valence-electron chi connectivity index (χ3n) is 4.73.